The molecule has 3 aromatic rings. The number of alkyl halides is 6. The van der Waals surface area contributed by atoms with Gasteiger partial charge in [0.1, 0.15) is 47.3 Å². The molecule has 0 heterocycles. The Kier molecular flexibility index (Phi) is 13.3. The van der Waals surface area contributed by atoms with Gasteiger partial charge in [0.25, 0.3) is 0 Å². The van der Waals surface area contributed by atoms with Gasteiger partial charge in [0.2, 0.25) is 6.79 Å². The molecule has 8 nitrogen and oxygen atoms in total. The van der Waals surface area contributed by atoms with E-state index < -0.39 is 66.9 Å². The molecule has 0 radical (unpaired) electrons. The molecule has 0 spiro atoms. The molecule has 0 N–H and O–H groups in total. The molecule has 45 heavy (non-hydrogen) atoms. The van der Waals surface area contributed by atoms with Crippen LogP contribution in [-0.2, 0) is 44.6 Å². The van der Waals surface area contributed by atoms with E-state index in [1.54, 1.807) is 0 Å². The van der Waals surface area contributed by atoms with Crippen molar-refractivity contribution in [3.63, 3.8) is 0 Å². The summed E-state index contributed by atoms with van der Waals surface area (Å²) in [5.41, 5.74) is -3.22. The minimum Gasteiger partial charge on any atom is -0.497 e. The molecule has 0 saturated heterocycles. The number of hydrogen-bond donors (Lipinski definition) is 0. The maximum atomic E-state index is 13.9. The molecule has 0 amide bonds. The van der Waals surface area contributed by atoms with Gasteiger partial charge in [-0.1, -0.05) is 37.4 Å². The number of rotatable bonds is 12. The molecule has 0 atom stereocenters. The van der Waals surface area contributed by atoms with Crippen molar-refractivity contribution >= 4 is 11.9 Å². The van der Waals surface area contributed by atoms with Crippen LogP contribution in [0.2, 0.25) is 0 Å². The summed E-state index contributed by atoms with van der Waals surface area (Å²) in [7, 11) is 2.74. The van der Waals surface area contributed by atoms with E-state index in [2.05, 4.69) is 22.6 Å². The lowest BCUT2D eigenvalue weighted by Crippen LogP contribution is -2.20. The molecule has 0 unspecified atom stereocenters. The number of carbonyl (C=O) groups is 2. The van der Waals surface area contributed by atoms with E-state index in [0.717, 1.165) is 24.3 Å². The quantitative estimate of drug-likeness (QED) is 0.0881. The molecule has 3 aromatic carbocycles. The van der Waals surface area contributed by atoms with Crippen LogP contribution in [0.15, 0.2) is 86.0 Å². The zero-order chi connectivity index (χ0) is 33.6. The summed E-state index contributed by atoms with van der Waals surface area (Å²) in [5, 5.41) is 0. The molecule has 0 aliphatic rings. The lowest BCUT2D eigenvalue weighted by atomic mass is 10.0. The molecule has 3 rings (SSSR count). The standard InChI is InChI=1S/C27H22F6O6.C4H6O2/c1-3-23(34)39-16-38-20-10-6-18(7-11-20)15-37-22-13-12-21(24(26(28,29)30)25(22)27(31,32)33)36-14-17-4-8-19(35-2)9-5-17;1-3-4(5)6-2/h3-13H,1,14-16H2,2H3;3H,1H2,2H3. The van der Waals surface area contributed by atoms with Gasteiger partial charge in [-0.3, -0.25) is 0 Å². The van der Waals surface area contributed by atoms with Gasteiger partial charge in [0.05, 0.1) is 14.2 Å². The van der Waals surface area contributed by atoms with Crippen LogP contribution in [0.5, 0.6) is 23.0 Å². The smallest absolute Gasteiger partial charge is 0.420 e. The summed E-state index contributed by atoms with van der Waals surface area (Å²) < 4.78 is 113. The minimum absolute atomic E-state index is 0.268. The van der Waals surface area contributed by atoms with Crippen LogP contribution in [-0.4, -0.2) is 33.0 Å². The van der Waals surface area contributed by atoms with E-state index in [9.17, 15) is 35.9 Å². The summed E-state index contributed by atoms with van der Waals surface area (Å²) in [6.45, 7) is 5.10. The third kappa shape index (κ3) is 11.5. The maximum Gasteiger partial charge on any atom is 0.420 e. The van der Waals surface area contributed by atoms with Gasteiger partial charge in [-0.05, 0) is 47.5 Å². The predicted octanol–water partition coefficient (Wildman–Crippen LogP) is 7.30. The van der Waals surface area contributed by atoms with Crippen molar-refractivity contribution in [3.05, 3.63) is 108 Å². The predicted molar refractivity (Wildman–Crippen MR) is 149 cm³/mol. The second kappa shape index (κ2) is 16.6. The molecular formula is C31H28F6O8. The van der Waals surface area contributed by atoms with E-state index in [1.165, 1.54) is 62.8 Å². The van der Waals surface area contributed by atoms with E-state index in [-0.39, 0.29) is 5.75 Å². The normalized spacial score (nSPS) is 10.8. The number of ether oxygens (including phenoxy) is 6. The number of carbonyl (C=O) groups excluding carboxylic acids is 2. The first-order valence-corrected chi connectivity index (χ1v) is 12.6. The fourth-order valence-corrected chi connectivity index (χ4v) is 3.39. The zero-order valence-corrected chi connectivity index (χ0v) is 24.0. The van der Waals surface area contributed by atoms with E-state index in [0.29, 0.717) is 16.9 Å². The Hall–Kier alpha value is -5.14. The molecule has 14 heteroatoms. The minimum atomic E-state index is -5.40. The van der Waals surface area contributed by atoms with Crippen molar-refractivity contribution in [3.8, 4) is 23.0 Å². The third-order valence-electron chi connectivity index (χ3n) is 5.53. The summed E-state index contributed by atoms with van der Waals surface area (Å²) >= 11 is 0. The van der Waals surface area contributed by atoms with E-state index in [4.69, 9.17) is 18.9 Å². The Morgan fingerprint density at radius 1 is 0.644 bits per heavy atom. The molecule has 242 valence electrons. The molecule has 0 aliphatic carbocycles. The number of halogens is 6. The van der Waals surface area contributed by atoms with Gasteiger partial charge in [-0.15, -0.1) is 0 Å². The van der Waals surface area contributed by atoms with Crippen LogP contribution in [0.3, 0.4) is 0 Å². The highest BCUT2D eigenvalue weighted by Crippen LogP contribution is 2.49. The van der Waals surface area contributed by atoms with E-state index >= 15 is 0 Å². The lowest BCUT2D eigenvalue weighted by molar-refractivity contribution is -0.164. The first-order chi connectivity index (χ1) is 21.2. The Morgan fingerprint density at radius 3 is 1.40 bits per heavy atom. The van der Waals surface area contributed by atoms with Crippen LogP contribution >= 0.6 is 0 Å². The summed E-state index contributed by atoms with van der Waals surface area (Å²) in [5.74, 6) is -2.33. The largest absolute Gasteiger partial charge is 0.497 e. The zero-order valence-electron chi connectivity index (χ0n) is 24.0. The van der Waals surface area contributed by atoms with Crippen LogP contribution in [0.1, 0.15) is 22.3 Å². The number of benzene rings is 3. The van der Waals surface area contributed by atoms with Gasteiger partial charge >= 0.3 is 24.3 Å². The first kappa shape index (κ1) is 36.1. The first-order valence-electron chi connectivity index (χ1n) is 12.6. The molecule has 0 fully saturated rings. The van der Waals surface area contributed by atoms with Gasteiger partial charge in [0.15, 0.2) is 0 Å². The van der Waals surface area contributed by atoms with Gasteiger partial charge in [-0.2, -0.15) is 26.3 Å². The Labute approximate surface area is 254 Å². The maximum absolute atomic E-state index is 13.9. The number of esters is 2. The third-order valence-corrected chi connectivity index (χ3v) is 5.53. The topological polar surface area (TPSA) is 89.5 Å². The molecule has 0 aromatic heterocycles. The van der Waals surface area contributed by atoms with Crippen LogP contribution in [0, 0.1) is 0 Å². The van der Waals surface area contributed by atoms with Crippen molar-refractivity contribution < 1.29 is 64.4 Å². The van der Waals surface area contributed by atoms with Crippen LogP contribution in [0.4, 0.5) is 26.3 Å². The Balaban J connectivity index is 0.00000107. The average Bonchev–Trinajstić information content (AvgIpc) is 3.02. The molecule has 0 bridgehead atoms. The Morgan fingerprint density at radius 2 is 1.07 bits per heavy atom. The molecule has 0 saturated carbocycles. The van der Waals surface area contributed by atoms with Crippen LogP contribution < -0.4 is 18.9 Å². The highest BCUT2D eigenvalue weighted by atomic mass is 19.4. The van der Waals surface area contributed by atoms with Crippen molar-refractivity contribution in [1.29, 1.82) is 0 Å². The summed E-state index contributed by atoms with van der Waals surface area (Å²) in [4.78, 5) is 20.8. The van der Waals surface area contributed by atoms with Crippen molar-refractivity contribution in [2.45, 2.75) is 25.6 Å². The second-order valence-corrected chi connectivity index (χ2v) is 8.53. The Bertz CT molecular complexity index is 1430. The lowest BCUT2D eigenvalue weighted by Gasteiger charge is -2.22. The van der Waals surface area contributed by atoms with Crippen molar-refractivity contribution in [2.24, 2.45) is 0 Å². The van der Waals surface area contributed by atoms with Gasteiger partial charge in [0, 0.05) is 12.2 Å². The number of methoxy groups -OCH3 is 2. The fourth-order valence-electron chi connectivity index (χ4n) is 3.39. The average molecular weight is 643 g/mol. The van der Waals surface area contributed by atoms with Crippen molar-refractivity contribution in [1.82, 2.24) is 0 Å². The van der Waals surface area contributed by atoms with Gasteiger partial charge in [-0.25, -0.2) is 9.59 Å². The van der Waals surface area contributed by atoms with Gasteiger partial charge < -0.3 is 28.4 Å². The summed E-state index contributed by atoms with van der Waals surface area (Å²) in [6.07, 6.45) is -8.74. The second-order valence-electron chi connectivity index (χ2n) is 8.53. The summed E-state index contributed by atoms with van der Waals surface area (Å²) in [6, 6.07) is 13.4. The molecule has 0 aliphatic heterocycles. The number of hydrogen-bond acceptors (Lipinski definition) is 8. The molecular weight excluding hydrogens is 614 g/mol. The van der Waals surface area contributed by atoms with Crippen molar-refractivity contribution in [2.75, 3.05) is 21.0 Å². The SMILES string of the molecule is C=CC(=O)OC.C=CC(=O)OCOc1ccc(COc2ccc(OCc3ccc(OC)cc3)c(C(F)(F)F)c2C(F)(F)F)cc1. The fraction of sp³-hybridized carbons (Fsp3) is 0.226. The highest BCUT2D eigenvalue weighted by molar-refractivity contribution is 5.81. The van der Waals surface area contributed by atoms with Crippen LogP contribution in [0.25, 0.3) is 0 Å². The monoisotopic (exact) mass is 642 g/mol. The van der Waals surface area contributed by atoms with E-state index in [1.807, 2.05) is 0 Å². The highest BCUT2D eigenvalue weighted by Gasteiger charge is 2.48.